The number of nitrogens with one attached hydrogen (secondary N) is 1. The van der Waals surface area contributed by atoms with Crippen molar-refractivity contribution in [3.63, 3.8) is 0 Å². The zero-order chi connectivity index (χ0) is 13.2. The van der Waals surface area contributed by atoms with Crippen molar-refractivity contribution in [1.82, 2.24) is 14.9 Å². The number of likely N-dealkylation sites (N-methyl/N-ethyl adjacent to an activating group) is 1. The molecule has 4 heteroatoms. The van der Waals surface area contributed by atoms with Gasteiger partial charge in [-0.3, -0.25) is 0 Å². The van der Waals surface area contributed by atoms with E-state index in [0.29, 0.717) is 12.0 Å². The minimum atomic E-state index is 0.443. The quantitative estimate of drug-likeness (QED) is 0.909. The van der Waals surface area contributed by atoms with Crippen LogP contribution >= 0.6 is 0 Å². The lowest BCUT2D eigenvalue weighted by Crippen LogP contribution is -2.36. The summed E-state index contributed by atoms with van der Waals surface area (Å²) in [7, 11) is 4.13. The Balaban J connectivity index is 1.85. The van der Waals surface area contributed by atoms with Crippen molar-refractivity contribution in [2.45, 2.75) is 18.9 Å². The molecule has 2 atom stereocenters. The molecule has 1 aromatic carbocycles. The number of hydrogen-bond acceptors (Lipinski definition) is 3. The first kappa shape index (κ1) is 12.6. The van der Waals surface area contributed by atoms with Gasteiger partial charge in [-0.1, -0.05) is 12.1 Å². The van der Waals surface area contributed by atoms with Crippen LogP contribution in [0, 0.1) is 5.92 Å². The lowest BCUT2D eigenvalue weighted by atomic mass is 9.96. The number of nitrogens with zero attached hydrogens (tertiary/aromatic N) is 2. The first-order chi connectivity index (χ1) is 9.29. The fraction of sp³-hybridized carbons (Fsp3) is 0.533. The third-order valence-electron chi connectivity index (χ3n) is 4.19. The van der Waals surface area contributed by atoms with Gasteiger partial charge in [0.15, 0.2) is 0 Å². The Morgan fingerprint density at radius 3 is 3.00 bits per heavy atom. The number of ether oxygens (including phenoxy) is 1. The maximum absolute atomic E-state index is 5.50. The highest BCUT2D eigenvalue weighted by Gasteiger charge is 2.26. The van der Waals surface area contributed by atoms with E-state index >= 15 is 0 Å². The summed E-state index contributed by atoms with van der Waals surface area (Å²) < 4.78 is 7.70. The van der Waals surface area contributed by atoms with Crippen molar-refractivity contribution in [2.24, 2.45) is 13.0 Å². The van der Waals surface area contributed by atoms with E-state index in [1.165, 1.54) is 5.52 Å². The molecule has 1 aromatic heterocycles. The molecule has 19 heavy (non-hydrogen) atoms. The monoisotopic (exact) mass is 259 g/mol. The molecule has 1 aliphatic rings. The molecular weight excluding hydrogens is 238 g/mol. The number of rotatable bonds is 4. The van der Waals surface area contributed by atoms with E-state index in [2.05, 4.69) is 35.1 Å². The van der Waals surface area contributed by atoms with Gasteiger partial charge >= 0.3 is 0 Å². The van der Waals surface area contributed by atoms with E-state index in [0.717, 1.165) is 37.4 Å². The lowest BCUT2D eigenvalue weighted by molar-refractivity contribution is 0.177. The standard InChI is InChI=1S/C15H21N3O/c1-16-13(11-7-8-19-10-11)9-15-17-12-5-3-4-6-14(12)18(15)2/h3-6,11,13,16H,7-10H2,1-2H3. The largest absolute Gasteiger partial charge is 0.381 e. The lowest BCUT2D eigenvalue weighted by Gasteiger charge is -2.21. The van der Waals surface area contributed by atoms with Crippen molar-refractivity contribution in [3.05, 3.63) is 30.1 Å². The smallest absolute Gasteiger partial charge is 0.111 e. The van der Waals surface area contributed by atoms with Gasteiger partial charge in [0.2, 0.25) is 0 Å². The number of hydrogen-bond donors (Lipinski definition) is 1. The fourth-order valence-electron chi connectivity index (χ4n) is 2.95. The second-order valence-corrected chi connectivity index (χ2v) is 5.30. The Hall–Kier alpha value is -1.39. The molecule has 0 radical (unpaired) electrons. The molecule has 2 aromatic rings. The first-order valence-electron chi connectivity index (χ1n) is 6.95. The van der Waals surface area contributed by atoms with Crippen LogP contribution in [0.5, 0.6) is 0 Å². The predicted octanol–water partition coefficient (Wildman–Crippen LogP) is 1.74. The van der Waals surface area contributed by atoms with Crippen LogP contribution < -0.4 is 5.32 Å². The van der Waals surface area contributed by atoms with Gasteiger partial charge in [-0.2, -0.15) is 0 Å². The summed E-state index contributed by atoms with van der Waals surface area (Å²) in [5.74, 6) is 1.75. The molecule has 1 N–H and O–H groups in total. The third kappa shape index (κ3) is 2.38. The average Bonchev–Trinajstić information content (AvgIpc) is 3.06. The van der Waals surface area contributed by atoms with Crippen LogP contribution in [0.15, 0.2) is 24.3 Å². The molecule has 2 heterocycles. The van der Waals surface area contributed by atoms with Crippen LogP contribution in [0.4, 0.5) is 0 Å². The van der Waals surface area contributed by atoms with E-state index in [1.54, 1.807) is 0 Å². The molecule has 0 spiro atoms. The molecule has 4 nitrogen and oxygen atoms in total. The van der Waals surface area contributed by atoms with E-state index in [9.17, 15) is 0 Å². The van der Waals surface area contributed by atoms with Gasteiger partial charge < -0.3 is 14.6 Å². The van der Waals surface area contributed by atoms with E-state index in [1.807, 2.05) is 13.1 Å². The fourth-order valence-corrected chi connectivity index (χ4v) is 2.95. The molecule has 0 saturated carbocycles. The Morgan fingerprint density at radius 2 is 2.32 bits per heavy atom. The van der Waals surface area contributed by atoms with Gasteiger partial charge in [0, 0.05) is 32.0 Å². The maximum Gasteiger partial charge on any atom is 0.111 e. The highest BCUT2D eigenvalue weighted by Crippen LogP contribution is 2.21. The normalized spacial score (nSPS) is 21.1. The summed E-state index contributed by atoms with van der Waals surface area (Å²) in [6, 6.07) is 8.75. The molecule has 1 saturated heterocycles. The topological polar surface area (TPSA) is 39.1 Å². The van der Waals surface area contributed by atoms with Crippen molar-refractivity contribution in [3.8, 4) is 0 Å². The summed E-state index contributed by atoms with van der Waals surface area (Å²) in [4.78, 5) is 4.75. The van der Waals surface area contributed by atoms with Gasteiger partial charge in [0.1, 0.15) is 5.82 Å². The number of imidazole rings is 1. The Kier molecular flexibility index (Phi) is 3.53. The zero-order valence-electron chi connectivity index (χ0n) is 11.6. The molecule has 1 fully saturated rings. The Bertz CT molecular complexity index is 558. The predicted molar refractivity (Wildman–Crippen MR) is 76.2 cm³/mol. The highest BCUT2D eigenvalue weighted by molar-refractivity contribution is 5.75. The summed E-state index contributed by atoms with van der Waals surface area (Å²) in [6.45, 7) is 1.76. The van der Waals surface area contributed by atoms with Crippen molar-refractivity contribution < 1.29 is 4.74 Å². The summed E-state index contributed by atoms with van der Waals surface area (Å²) >= 11 is 0. The maximum atomic E-state index is 5.50. The van der Waals surface area contributed by atoms with Gasteiger partial charge in [-0.25, -0.2) is 4.98 Å². The minimum Gasteiger partial charge on any atom is -0.381 e. The van der Waals surface area contributed by atoms with Crippen molar-refractivity contribution in [2.75, 3.05) is 20.3 Å². The average molecular weight is 259 g/mol. The summed E-state index contributed by atoms with van der Waals surface area (Å²) in [5, 5.41) is 3.43. The molecular formula is C15H21N3O. The molecule has 2 unspecified atom stereocenters. The molecule has 102 valence electrons. The van der Waals surface area contributed by atoms with E-state index in [-0.39, 0.29) is 0 Å². The highest BCUT2D eigenvalue weighted by atomic mass is 16.5. The van der Waals surface area contributed by atoms with Crippen LogP contribution in [-0.2, 0) is 18.2 Å². The van der Waals surface area contributed by atoms with Crippen LogP contribution in [0.1, 0.15) is 12.2 Å². The molecule has 1 aliphatic heterocycles. The summed E-state index contributed by atoms with van der Waals surface area (Å²) in [5.41, 5.74) is 2.28. The number of fused-ring (bicyclic) bond motifs is 1. The van der Waals surface area contributed by atoms with Gasteiger partial charge in [-0.15, -0.1) is 0 Å². The van der Waals surface area contributed by atoms with E-state index in [4.69, 9.17) is 9.72 Å². The minimum absolute atomic E-state index is 0.443. The number of aromatic nitrogens is 2. The third-order valence-corrected chi connectivity index (χ3v) is 4.19. The molecule has 3 rings (SSSR count). The second kappa shape index (κ2) is 5.31. The van der Waals surface area contributed by atoms with Gasteiger partial charge in [0.25, 0.3) is 0 Å². The van der Waals surface area contributed by atoms with Crippen LogP contribution in [0.2, 0.25) is 0 Å². The van der Waals surface area contributed by atoms with Gasteiger partial charge in [-0.05, 0) is 25.6 Å². The number of para-hydroxylation sites is 2. The SMILES string of the molecule is CNC(Cc1nc2ccccc2n1C)C1CCOC1. The Labute approximate surface area is 113 Å². The zero-order valence-corrected chi connectivity index (χ0v) is 11.6. The van der Waals surface area contributed by atoms with Crippen LogP contribution in [0.3, 0.4) is 0 Å². The number of aryl methyl sites for hydroxylation is 1. The first-order valence-corrected chi connectivity index (χ1v) is 6.95. The van der Waals surface area contributed by atoms with Crippen LogP contribution in [-0.4, -0.2) is 35.9 Å². The molecule has 0 aliphatic carbocycles. The van der Waals surface area contributed by atoms with Crippen molar-refractivity contribution in [1.29, 1.82) is 0 Å². The van der Waals surface area contributed by atoms with Gasteiger partial charge in [0.05, 0.1) is 17.6 Å². The van der Waals surface area contributed by atoms with Crippen LogP contribution in [0.25, 0.3) is 11.0 Å². The van der Waals surface area contributed by atoms with Crippen molar-refractivity contribution >= 4 is 11.0 Å². The molecule has 0 bridgehead atoms. The summed E-state index contributed by atoms with van der Waals surface area (Å²) in [6.07, 6.45) is 2.10. The van der Waals surface area contributed by atoms with E-state index < -0.39 is 0 Å². The molecule has 0 amide bonds. The Morgan fingerprint density at radius 1 is 1.47 bits per heavy atom. The second-order valence-electron chi connectivity index (χ2n) is 5.30. The number of benzene rings is 1.